The molecule has 25 heavy (non-hydrogen) atoms. The minimum absolute atomic E-state index is 0.0151. The summed E-state index contributed by atoms with van der Waals surface area (Å²) in [7, 11) is 0. The Morgan fingerprint density at radius 2 is 2.08 bits per heavy atom. The predicted octanol–water partition coefficient (Wildman–Crippen LogP) is 3.37. The molecule has 0 aliphatic carbocycles. The van der Waals surface area contributed by atoms with Crippen molar-refractivity contribution in [1.82, 2.24) is 9.97 Å². The molecule has 1 N–H and O–H groups in total. The normalized spacial score (nSPS) is 17.4. The van der Waals surface area contributed by atoms with E-state index in [1.807, 2.05) is 24.3 Å². The first-order valence-electron chi connectivity index (χ1n) is 7.79. The van der Waals surface area contributed by atoms with Crippen LogP contribution in [0.2, 0.25) is 0 Å². The molecule has 1 amide bonds. The highest BCUT2D eigenvalue weighted by Crippen LogP contribution is 2.33. The van der Waals surface area contributed by atoms with Gasteiger partial charge in [-0.05, 0) is 24.6 Å². The van der Waals surface area contributed by atoms with E-state index in [1.165, 1.54) is 23.9 Å². The van der Waals surface area contributed by atoms with Crippen LogP contribution in [0.25, 0.3) is 11.0 Å². The molecule has 7 nitrogen and oxygen atoms in total. The van der Waals surface area contributed by atoms with E-state index in [1.54, 1.807) is 17.0 Å². The molecule has 1 aliphatic rings. The number of aromatic amines is 1. The number of nitrogens with one attached hydrogen (secondary N) is 1. The number of thioether (sulfide) groups is 1. The van der Waals surface area contributed by atoms with Gasteiger partial charge in [0.2, 0.25) is 5.91 Å². The zero-order valence-corrected chi connectivity index (χ0v) is 13.9. The van der Waals surface area contributed by atoms with Gasteiger partial charge < -0.3 is 9.88 Å². The van der Waals surface area contributed by atoms with E-state index in [9.17, 15) is 14.9 Å². The van der Waals surface area contributed by atoms with Crippen LogP contribution < -0.4 is 4.90 Å². The van der Waals surface area contributed by atoms with Crippen molar-refractivity contribution in [1.29, 1.82) is 0 Å². The molecule has 1 fully saturated rings. The number of nitrogens with zero attached hydrogens (tertiary/aromatic N) is 3. The van der Waals surface area contributed by atoms with Crippen molar-refractivity contribution in [2.45, 2.75) is 16.8 Å². The molecule has 2 aromatic carbocycles. The molecular formula is C17H14N4O3S. The van der Waals surface area contributed by atoms with Gasteiger partial charge >= 0.3 is 0 Å². The molecule has 8 heteroatoms. The number of hydrogen-bond donors (Lipinski definition) is 1. The highest BCUT2D eigenvalue weighted by Gasteiger charge is 2.34. The largest absolute Gasteiger partial charge is 0.333 e. The van der Waals surface area contributed by atoms with E-state index in [2.05, 4.69) is 9.97 Å². The van der Waals surface area contributed by atoms with Crippen LogP contribution in [-0.4, -0.2) is 32.6 Å². The fraction of sp³-hybridized carbons (Fsp3) is 0.176. The van der Waals surface area contributed by atoms with Crippen molar-refractivity contribution < 1.29 is 9.72 Å². The van der Waals surface area contributed by atoms with Crippen LogP contribution in [0.3, 0.4) is 0 Å². The molecule has 1 unspecified atom stereocenters. The van der Waals surface area contributed by atoms with Crippen molar-refractivity contribution >= 4 is 40.1 Å². The van der Waals surface area contributed by atoms with Crippen LogP contribution in [0.4, 0.5) is 11.4 Å². The number of rotatable bonds is 4. The average molecular weight is 354 g/mol. The number of nitro benzene ring substituents is 1. The number of imidazole rings is 1. The number of carbonyl (C=O) groups excluding carboxylic acids is 1. The lowest BCUT2D eigenvalue weighted by Crippen LogP contribution is -2.28. The van der Waals surface area contributed by atoms with E-state index in [0.717, 1.165) is 11.0 Å². The van der Waals surface area contributed by atoms with Crippen molar-refractivity contribution in [3.05, 3.63) is 58.6 Å². The number of nitro groups is 1. The van der Waals surface area contributed by atoms with Gasteiger partial charge in [0.15, 0.2) is 5.16 Å². The number of amides is 1. The Bertz CT molecular complexity index is 938. The van der Waals surface area contributed by atoms with E-state index >= 15 is 0 Å². The maximum atomic E-state index is 12.7. The molecule has 1 aromatic heterocycles. The second-order valence-electron chi connectivity index (χ2n) is 5.72. The van der Waals surface area contributed by atoms with Gasteiger partial charge in [-0.25, -0.2) is 4.98 Å². The van der Waals surface area contributed by atoms with Gasteiger partial charge in [0.05, 0.1) is 26.9 Å². The molecule has 0 spiro atoms. The molecular weight excluding hydrogens is 340 g/mol. The summed E-state index contributed by atoms with van der Waals surface area (Å²) in [4.78, 5) is 32.5. The number of para-hydroxylation sites is 2. The van der Waals surface area contributed by atoms with E-state index < -0.39 is 4.92 Å². The van der Waals surface area contributed by atoms with Gasteiger partial charge in [0.1, 0.15) is 0 Å². The van der Waals surface area contributed by atoms with Crippen molar-refractivity contribution in [2.75, 3.05) is 11.4 Å². The Labute approximate surface area is 147 Å². The predicted molar refractivity (Wildman–Crippen MR) is 95.8 cm³/mol. The topological polar surface area (TPSA) is 92.1 Å². The lowest BCUT2D eigenvalue weighted by atomic mass is 10.2. The highest BCUT2D eigenvalue weighted by molar-refractivity contribution is 8.00. The molecule has 1 saturated heterocycles. The smallest absolute Gasteiger partial charge is 0.271 e. The van der Waals surface area contributed by atoms with Crippen LogP contribution >= 0.6 is 11.8 Å². The van der Waals surface area contributed by atoms with Crippen molar-refractivity contribution in [3.63, 3.8) is 0 Å². The van der Waals surface area contributed by atoms with E-state index in [4.69, 9.17) is 0 Å². The second kappa shape index (κ2) is 6.21. The second-order valence-corrected chi connectivity index (χ2v) is 6.91. The molecule has 0 saturated carbocycles. The summed E-state index contributed by atoms with van der Waals surface area (Å²) < 4.78 is 0. The van der Waals surface area contributed by atoms with Crippen molar-refractivity contribution in [3.8, 4) is 0 Å². The summed E-state index contributed by atoms with van der Waals surface area (Å²) in [6.45, 7) is 0.540. The minimum atomic E-state index is -0.454. The first-order chi connectivity index (χ1) is 12.1. The minimum Gasteiger partial charge on any atom is -0.333 e. The molecule has 2 heterocycles. The Hall–Kier alpha value is -2.87. The van der Waals surface area contributed by atoms with E-state index in [0.29, 0.717) is 23.8 Å². The lowest BCUT2D eigenvalue weighted by molar-refractivity contribution is -0.384. The summed E-state index contributed by atoms with van der Waals surface area (Å²) in [6, 6.07) is 13.9. The Morgan fingerprint density at radius 3 is 2.88 bits per heavy atom. The molecule has 1 aliphatic heterocycles. The highest BCUT2D eigenvalue weighted by atomic mass is 32.2. The first kappa shape index (κ1) is 15.6. The van der Waals surface area contributed by atoms with Crippen LogP contribution in [-0.2, 0) is 4.79 Å². The number of non-ortho nitro benzene ring substituents is 1. The molecule has 0 radical (unpaired) electrons. The van der Waals surface area contributed by atoms with Crippen LogP contribution in [0.1, 0.15) is 6.42 Å². The zero-order chi connectivity index (χ0) is 17.4. The number of H-pyrrole nitrogens is 1. The third-order valence-corrected chi connectivity index (χ3v) is 5.27. The Balaban J connectivity index is 1.53. The molecule has 3 aromatic rings. The Kier molecular flexibility index (Phi) is 3.89. The van der Waals surface area contributed by atoms with Gasteiger partial charge in [-0.15, -0.1) is 0 Å². The van der Waals surface area contributed by atoms with Crippen LogP contribution in [0, 0.1) is 10.1 Å². The number of aromatic nitrogens is 2. The SMILES string of the molecule is O=C1C(Sc2nc3ccccc3[nH]2)CCN1c1cccc([N+](=O)[O-])c1. The van der Waals surface area contributed by atoms with E-state index in [-0.39, 0.29) is 16.8 Å². The summed E-state index contributed by atoms with van der Waals surface area (Å²) in [5.74, 6) is -0.0500. The zero-order valence-electron chi connectivity index (χ0n) is 13.1. The lowest BCUT2D eigenvalue weighted by Gasteiger charge is -2.16. The van der Waals surface area contributed by atoms with Gasteiger partial charge in [-0.1, -0.05) is 30.0 Å². The van der Waals surface area contributed by atoms with Gasteiger partial charge in [-0.2, -0.15) is 0 Å². The fourth-order valence-corrected chi connectivity index (χ4v) is 3.95. The quantitative estimate of drug-likeness (QED) is 0.573. The number of anilines is 1. The average Bonchev–Trinajstić information content (AvgIpc) is 3.19. The number of carbonyl (C=O) groups is 1. The third kappa shape index (κ3) is 2.96. The molecule has 4 rings (SSSR count). The summed E-state index contributed by atoms with van der Waals surface area (Å²) in [6.07, 6.45) is 0.670. The molecule has 126 valence electrons. The third-order valence-electron chi connectivity index (χ3n) is 4.13. The Morgan fingerprint density at radius 1 is 1.24 bits per heavy atom. The maximum Gasteiger partial charge on any atom is 0.271 e. The van der Waals surface area contributed by atoms with Crippen LogP contribution in [0.5, 0.6) is 0 Å². The number of fused-ring (bicyclic) bond motifs is 1. The van der Waals surface area contributed by atoms with Crippen LogP contribution in [0.15, 0.2) is 53.7 Å². The number of benzene rings is 2. The summed E-state index contributed by atoms with van der Waals surface area (Å²) >= 11 is 1.40. The van der Waals surface area contributed by atoms with Gasteiger partial charge in [0, 0.05) is 18.7 Å². The van der Waals surface area contributed by atoms with Crippen molar-refractivity contribution in [2.24, 2.45) is 0 Å². The molecule has 0 bridgehead atoms. The van der Waals surface area contributed by atoms with Gasteiger partial charge in [0.25, 0.3) is 5.69 Å². The van der Waals surface area contributed by atoms with Gasteiger partial charge in [-0.3, -0.25) is 14.9 Å². The monoisotopic (exact) mass is 354 g/mol. The number of hydrogen-bond acceptors (Lipinski definition) is 5. The maximum absolute atomic E-state index is 12.7. The molecule has 1 atom stereocenters. The fourth-order valence-electron chi connectivity index (χ4n) is 2.91. The standard InChI is InChI=1S/C17H14N4O3S/c22-16-15(25-17-18-13-6-1-2-7-14(13)19-17)8-9-20(16)11-4-3-5-12(10-11)21(23)24/h1-7,10,15H,8-9H2,(H,18,19). The summed E-state index contributed by atoms with van der Waals surface area (Å²) in [5.41, 5.74) is 2.35. The summed E-state index contributed by atoms with van der Waals surface area (Å²) in [5, 5.41) is 11.4. The first-order valence-corrected chi connectivity index (χ1v) is 8.67.